The Balaban J connectivity index is 1.94. The number of rotatable bonds is 6. The molecule has 0 aromatic heterocycles. The van der Waals surface area contributed by atoms with Gasteiger partial charge in [-0.1, -0.05) is 30.3 Å². The lowest BCUT2D eigenvalue weighted by Crippen LogP contribution is -2.58. The van der Waals surface area contributed by atoms with Crippen molar-refractivity contribution in [2.45, 2.75) is 44.1 Å². The van der Waals surface area contributed by atoms with Crippen LogP contribution >= 0.6 is 0 Å². The van der Waals surface area contributed by atoms with E-state index in [1.807, 2.05) is 30.3 Å². The number of halogens is 1. The fraction of sp³-hybridized carbons (Fsp3) is 0.562. The molecule has 1 aliphatic rings. The molecule has 1 heterocycles. The molecule has 1 fully saturated rings. The average Bonchev–Trinajstić information content (AvgIpc) is 2.53. The average molecular weight is 328 g/mol. The van der Waals surface area contributed by atoms with Crippen molar-refractivity contribution < 1.29 is 33.6 Å². The van der Waals surface area contributed by atoms with Crippen molar-refractivity contribution in [1.29, 1.82) is 0 Å². The maximum absolute atomic E-state index is 14.0. The Bertz CT molecular complexity index is 511. The maximum Gasteiger partial charge on any atom is 0.366 e. The van der Waals surface area contributed by atoms with Crippen molar-refractivity contribution in [2.75, 3.05) is 13.2 Å². The van der Waals surface area contributed by atoms with Gasteiger partial charge in [-0.2, -0.15) is 0 Å². The highest BCUT2D eigenvalue weighted by Crippen LogP contribution is 2.30. The fourth-order valence-electron chi connectivity index (χ4n) is 2.38. The lowest BCUT2D eigenvalue weighted by Gasteiger charge is -2.39. The monoisotopic (exact) mass is 328 g/mol. The van der Waals surface area contributed by atoms with Gasteiger partial charge in [0.2, 0.25) is 0 Å². The number of carbonyl (C=O) groups excluding carboxylic acids is 1. The predicted molar refractivity (Wildman–Crippen MR) is 78.1 cm³/mol. The first-order chi connectivity index (χ1) is 11.0. The van der Waals surface area contributed by atoms with E-state index in [-0.39, 0.29) is 19.8 Å². The second-order valence-corrected chi connectivity index (χ2v) is 5.38. The van der Waals surface area contributed by atoms with Crippen LogP contribution in [0.1, 0.15) is 18.9 Å². The van der Waals surface area contributed by atoms with Crippen molar-refractivity contribution in [2.24, 2.45) is 0 Å². The molecule has 128 valence electrons. The molecule has 2 N–H and O–H groups in total. The SMILES string of the molecule is CCOC(=O)[C@]1(O)C[C@@H](O)[C@@H](F)[C@H](COCc2ccccc2)O1. The van der Waals surface area contributed by atoms with Gasteiger partial charge in [0.1, 0.15) is 6.10 Å². The highest BCUT2D eigenvalue weighted by atomic mass is 19.1. The summed E-state index contributed by atoms with van der Waals surface area (Å²) in [6, 6.07) is 9.24. The first-order valence-electron chi connectivity index (χ1n) is 7.47. The van der Waals surface area contributed by atoms with E-state index in [2.05, 4.69) is 0 Å². The van der Waals surface area contributed by atoms with Crippen molar-refractivity contribution >= 4 is 5.97 Å². The summed E-state index contributed by atoms with van der Waals surface area (Å²) in [6.45, 7) is 1.62. The summed E-state index contributed by atoms with van der Waals surface area (Å²) >= 11 is 0. The van der Waals surface area contributed by atoms with Crippen molar-refractivity contribution in [3.05, 3.63) is 35.9 Å². The third-order valence-corrected chi connectivity index (χ3v) is 3.54. The number of aliphatic hydroxyl groups is 2. The highest BCUT2D eigenvalue weighted by molar-refractivity contribution is 5.77. The maximum atomic E-state index is 14.0. The molecule has 0 saturated carbocycles. The van der Waals surface area contributed by atoms with Crippen LogP contribution in [0, 0.1) is 0 Å². The van der Waals surface area contributed by atoms with Gasteiger partial charge in [0.25, 0.3) is 5.79 Å². The quantitative estimate of drug-likeness (QED) is 0.756. The Hall–Kier alpha value is -1.54. The van der Waals surface area contributed by atoms with Crippen LogP contribution in [0.3, 0.4) is 0 Å². The zero-order chi connectivity index (χ0) is 16.9. The second kappa shape index (κ2) is 7.83. The Morgan fingerprint density at radius 1 is 1.43 bits per heavy atom. The van der Waals surface area contributed by atoms with E-state index >= 15 is 0 Å². The predicted octanol–water partition coefficient (Wildman–Crippen LogP) is 0.943. The number of benzene rings is 1. The summed E-state index contributed by atoms with van der Waals surface area (Å²) in [5.74, 6) is -3.40. The molecule has 0 unspecified atom stereocenters. The van der Waals surface area contributed by atoms with Gasteiger partial charge in [0.15, 0.2) is 6.17 Å². The number of hydrogen-bond donors (Lipinski definition) is 2. The third kappa shape index (κ3) is 4.48. The molecular weight excluding hydrogens is 307 g/mol. The molecule has 0 spiro atoms. The molecule has 1 aromatic carbocycles. The van der Waals surface area contributed by atoms with Gasteiger partial charge < -0.3 is 24.4 Å². The first kappa shape index (κ1) is 17.8. The summed E-state index contributed by atoms with van der Waals surface area (Å²) in [5.41, 5.74) is 0.889. The summed E-state index contributed by atoms with van der Waals surface area (Å²) in [6.07, 6.45) is -5.15. The number of hydrogen-bond acceptors (Lipinski definition) is 6. The molecule has 0 amide bonds. The topological polar surface area (TPSA) is 85.2 Å². The zero-order valence-corrected chi connectivity index (χ0v) is 12.9. The van der Waals surface area contributed by atoms with Crippen molar-refractivity contribution in [3.8, 4) is 0 Å². The molecule has 23 heavy (non-hydrogen) atoms. The van der Waals surface area contributed by atoms with Gasteiger partial charge in [-0.05, 0) is 12.5 Å². The molecule has 1 aromatic rings. The number of alkyl halides is 1. The van der Waals surface area contributed by atoms with Crippen LogP contribution < -0.4 is 0 Å². The first-order valence-corrected chi connectivity index (χ1v) is 7.47. The number of esters is 1. The summed E-state index contributed by atoms with van der Waals surface area (Å²) in [5, 5.41) is 19.9. The molecule has 4 atom stereocenters. The van der Waals surface area contributed by atoms with Gasteiger partial charge in [-0.15, -0.1) is 0 Å². The third-order valence-electron chi connectivity index (χ3n) is 3.54. The van der Waals surface area contributed by atoms with Crippen LogP contribution in [0.25, 0.3) is 0 Å². The molecule has 7 heteroatoms. The minimum Gasteiger partial charge on any atom is -0.462 e. The van der Waals surface area contributed by atoms with E-state index in [1.165, 1.54) is 0 Å². The smallest absolute Gasteiger partial charge is 0.366 e. The van der Waals surface area contributed by atoms with E-state index in [4.69, 9.17) is 14.2 Å². The Kier molecular flexibility index (Phi) is 6.06. The van der Waals surface area contributed by atoms with Crippen molar-refractivity contribution in [3.63, 3.8) is 0 Å². The van der Waals surface area contributed by atoms with Crippen LogP contribution in [-0.4, -0.2) is 53.6 Å². The van der Waals surface area contributed by atoms with Gasteiger partial charge in [-0.25, -0.2) is 9.18 Å². The molecule has 2 rings (SSSR count). The molecular formula is C16H21FO6. The van der Waals surface area contributed by atoms with Crippen LogP contribution in [0.15, 0.2) is 30.3 Å². The number of ether oxygens (including phenoxy) is 3. The minimum atomic E-state index is -2.36. The van der Waals surface area contributed by atoms with Crippen LogP contribution in [0.2, 0.25) is 0 Å². The Labute approximate surface area is 133 Å². The van der Waals surface area contributed by atoms with E-state index in [0.717, 1.165) is 5.56 Å². The van der Waals surface area contributed by atoms with Crippen LogP contribution in [0.5, 0.6) is 0 Å². The van der Waals surface area contributed by atoms with Gasteiger partial charge in [0, 0.05) is 6.42 Å². The lowest BCUT2D eigenvalue weighted by atomic mass is 9.96. The molecule has 0 aliphatic carbocycles. The molecule has 1 aliphatic heterocycles. The van der Waals surface area contributed by atoms with E-state index < -0.39 is 36.6 Å². The fourth-order valence-corrected chi connectivity index (χ4v) is 2.38. The second-order valence-electron chi connectivity index (χ2n) is 5.38. The Morgan fingerprint density at radius 2 is 2.13 bits per heavy atom. The Morgan fingerprint density at radius 3 is 2.78 bits per heavy atom. The number of aliphatic hydroxyl groups excluding tert-OH is 1. The minimum absolute atomic E-state index is 0.0365. The molecule has 1 saturated heterocycles. The van der Waals surface area contributed by atoms with Gasteiger partial charge in [-0.3, -0.25) is 0 Å². The summed E-state index contributed by atoms with van der Waals surface area (Å²) in [7, 11) is 0. The van der Waals surface area contributed by atoms with Crippen LogP contribution in [0.4, 0.5) is 4.39 Å². The summed E-state index contributed by atoms with van der Waals surface area (Å²) < 4.78 is 29.2. The zero-order valence-electron chi connectivity index (χ0n) is 12.9. The van der Waals surface area contributed by atoms with Gasteiger partial charge in [0.05, 0.1) is 25.9 Å². The normalized spacial score (nSPS) is 30.9. The van der Waals surface area contributed by atoms with Gasteiger partial charge >= 0.3 is 5.97 Å². The standard InChI is InChI=1S/C16H21FO6/c1-2-22-15(19)16(20)8-12(18)14(17)13(23-16)10-21-9-11-6-4-3-5-7-11/h3-7,12-14,18,20H,2,8-10H2,1H3/t12-,13+,14-,16+/m1/s1. The highest BCUT2D eigenvalue weighted by Gasteiger charge is 2.51. The lowest BCUT2D eigenvalue weighted by molar-refractivity contribution is -0.294. The van der Waals surface area contributed by atoms with E-state index in [1.54, 1.807) is 6.92 Å². The molecule has 0 bridgehead atoms. The van der Waals surface area contributed by atoms with Crippen molar-refractivity contribution in [1.82, 2.24) is 0 Å². The number of carbonyl (C=O) groups is 1. The van der Waals surface area contributed by atoms with E-state index in [9.17, 15) is 19.4 Å². The van der Waals surface area contributed by atoms with E-state index in [0.29, 0.717) is 0 Å². The molecule has 0 radical (unpaired) electrons. The summed E-state index contributed by atoms with van der Waals surface area (Å²) in [4.78, 5) is 11.7. The molecule has 6 nitrogen and oxygen atoms in total. The largest absolute Gasteiger partial charge is 0.462 e. The van der Waals surface area contributed by atoms with Crippen LogP contribution in [-0.2, 0) is 25.6 Å².